The second kappa shape index (κ2) is 5.70. The Morgan fingerprint density at radius 2 is 2.42 bits per heavy atom. The number of aliphatic carboxylic acids is 1. The van der Waals surface area contributed by atoms with Crippen molar-refractivity contribution >= 4 is 35.0 Å². The van der Waals surface area contributed by atoms with Crippen LogP contribution in [0.4, 0.5) is 0 Å². The number of aryl methyl sites for hydroxylation is 1. The number of thioether (sulfide) groups is 1. The summed E-state index contributed by atoms with van der Waals surface area (Å²) in [6, 6.07) is 3.54. The van der Waals surface area contributed by atoms with E-state index in [0.29, 0.717) is 5.76 Å². The quantitative estimate of drug-likeness (QED) is 0.632. The zero-order valence-electron chi connectivity index (χ0n) is 9.99. The first kappa shape index (κ1) is 13.3. The largest absolute Gasteiger partial charge is 0.481 e. The van der Waals surface area contributed by atoms with Crippen LogP contribution >= 0.6 is 11.8 Å². The lowest BCUT2D eigenvalue weighted by Gasteiger charge is -1.97. The summed E-state index contributed by atoms with van der Waals surface area (Å²) >= 11 is 1.05. The first-order valence-electron chi connectivity index (χ1n) is 5.41. The SMILES string of the molecule is Cc1ccc(/C=N\N=C2\NC(=O)C(CC(=O)O)S2)o1. The standard InChI is InChI=1S/C11H11N3O4S/c1-6-2-3-7(18-6)5-12-14-11-13-10(17)8(19-11)4-9(15)16/h2-3,5,8H,4H2,1H3,(H,15,16)(H,13,14,17)/b12-5-. The van der Waals surface area contributed by atoms with Crippen LogP contribution in [-0.2, 0) is 9.59 Å². The minimum Gasteiger partial charge on any atom is -0.481 e. The predicted molar refractivity (Wildman–Crippen MR) is 70.2 cm³/mol. The summed E-state index contributed by atoms with van der Waals surface area (Å²) in [6.45, 7) is 1.81. The molecule has 1 unspecified atom stereocenters. The van der Waals surface area contributed by atoms with E-state index in [1.54, 1.807) is 12.1 Å². The molecule has 1 amide bonds. The van der Waals surface area contributed by atoms with Crippen molar-refractivity contribution in [2.24, 2.45) is 10.2 Å². The third kappa shape index (κ3) is 3.68. The number of amides is 1. The number of nitrogens with zero attached hydrogens (tertiary/aromatic N) is 2. The van der Waals surface area contributed by atoms with Crippen molar-refractivity contribution in [3.8, 4) is 0 Å². The van der Waals surface area contributed by atoms with Gasteiger partial charge in [0, 0.05) is 0 Å². The highest BCUT2D eigenvalue weighted by atomic mass is 32.2. The highest BCUT2D eigenvalue weighted by Crippen LogP contribution is 2.22. The van der Waals surface area contributed by atoms with Crippen molar-refractivity contribution < 1.29 is 19.1 Å². The highest BCUT2D eigenvalue weighted by Gasteiger charge is 2.32. The Kier molecular flexibility index (Phi) is 4.00. The summed E-state index contributed by atoms with van der Waals surface area (Å²) in [6.07, 6.45) is 1.17. The molecule has 2 rings (SSSR count). The molecule has 8 heteroatoms. The summed E-state index contributed by atoms with van der Waals surface area (Å²) in [7, 11) is 0. The van der Waals surface area contributed by atoms with Crippen LogP contribution in [0.2, 0.25) is 0 Å². The van der Waals surface area contributed by atoms with Crippen LogP contribution in [0.3, 0.4) is 0 Å². The van der Waals surface area contributed by atoms with E-state index in [2.05, 4.69) is 15.5 Å². The maximum absolute atomic E-state index is 11.4. The first-order valence-corrected chi connectivity index (χ1v) is 6.29. The van der Waals surface area contributed by atoms with Gasteiger partial charge in [-0.3, -0.25) is 9.59 Å². The van der Waals surface area contributed by atoms with Gasteiger partial charge in [0.2, 0.25) is 5.91 Å². The van der Waals surface area contributed by atoms with E-state index >= 15 is 0 Å². The normalized spacial score (nSPS) is 21.2. The Morgan fingerprint density at radius 1 is 1.63 bits per heavy atom. The highest BCUT2D eigenvalue weighted by molar-refractivity contribution is 8.15. The Balaban J connectivity index is 1.96. The number of rotatable bonds is 4. The van der Waals surface area contributed by atoms with Gasteiger partial charge in [0.1, 0.15) is 16.8 Å². The molecule has 0 saturated carbocycles. The number of carboxylic acid groups (broad SMARTS) is 1. The van der Waals surface area contributed by atoms with Crippen LogP contribution in [0.1, 0.15) is 17.9 Å². The monoisotopic (exact) mass is 281 g/mol. The molecule has 1 aliphatic rings. The second-order valence-corrected chi connectivity index (χ2v) is 4.98. The third-order valence-electron chi connectivity index (χ3n) is 2.23. The summed E-state index contributed by atoms with van der Waals surface area (Å²) in [5.74, 6) is -0.0731. The van der Waals surface area contributed by atoms with E-state index in [1.165, 1.54) is 6.21 Å². The van der Waals surface area contributed by atoms with E-state index in [1.807, 2.05) is 6.92 Å². The van der Waals surface area contributed by atoms with E-state index in [-0.39, 0.29) is 17.5 Å². The number of carbonyl (C=O) groups excluding carboxylic acids is 1. The molecule has 0 bridgehead atoms. The number of nitrogens with one attached hydrogen (secondary N) is 1. The molecule has 2 heterocycles. The molecule has 7 nitrogen and oxygen atoms in total. The molecule has 1 saturated heterocycles. The number of carboxylic acids is 1. The summed E-state index contributed by atoms with van der Waals surface area (Å²) < 4.78 is 5.25. The van der Waals surface area contributed by atoms with Crippen LogP contribution < -0.4 is 5.32 Å². The summed E-state index contributed by atoms with van der Waals surface area (Å²) in [5.41, 5.74) is 0. The third-order valence-corrected chi connectivity index (χ3v) is 3.30. The topological polar surface area (TPSA) is 104 Å². The smallest absolute Gasteiger partial charge is 0.305 e. The first-order chi connectivity index (χ1) is 9.04. The second-order valence-electron chi connectivity index (χ2n) is 3.79. The molecule has 1 aromatic heterocycles. The summed E-state index contributed by atoms with van der Waals surface area (Å²) in [4.78, 5) is 21.9. The zero-order valence-corrected chi connectivity index (χ0v) is 10.8. The number of furan rings is 1. The fourth-order valence-corrected chi connectivity index (χ4v) is 2.32. The molecule has 1 fully saturated rings. The molecule has 0 aliphatic carbocycles. The fraction of sp³-hybridized carbons (Fsp3) is 0.273. The van der Waals surface area contributed by atoms with Crippen LogP contribution in [0.25, 0.3) is 0 Å². The fourth-order valence-electron chi connectivity index (χ4n) is 1.41. The molecule has 1 aliphatic heterocycles. The van der Waals surface area contributed by atoms with Crippen LogP contribution in [-0.4, -0.2) is 33.6 Å². The number of carbonyl (C=O) groups is 2. The van der Waals surface area contributed by atoms with Crippen molar-refractivity contribution in [2.45, 2.75) is 18.6 Å². The van der Waals surface area contributed by atoms with Crippen molar-refractivity contribution in [1.29, 1.82) is 0 Å². The van der Waals surface area contributed by atoms with Crippen molar-refractivity contribution in [3.05, 3.63) is 23.7 Å². The average Bonchev–Trinajstić information content (AvgIpc) is 2.86. The lowest BCUT2D eigenvalue weighted by Crippen LogP contribution is -2.26. The maximum atomic E-state index is 11.4. The molecule has 0 spiro atoms. The van der Waals surface area contributed by atoms with Crippen molar-refractivity contribution in [1.82, 2.24) is 5.32 Å². The Bertz CT molecular complexity index is 564. The lowest BCUT2D eigenvalue weighted by atomic mass is 10.3. The lowest BCUT2D eigenvalue weighted by molar-refractivity contribution is -0.138. The molecular weight excluding hydrogens is 270 g/mol. The minimum absolute atomic E-state index is 0.239. The van der Waals surface area contributed by atoms with Gasteiger partial charge >= 0.3 is 5.97 Å². The van der Waals surface area contributed by atoms with Crippen molar-refractivity contribution in [2.75, 3.05) is 0 Å². The van der Waals surface area contributed by atoms with Crippen LogP contribution in [0.5, 0.6) is 0 Å². The van der Waals surface area contributed by atoms with Gasteiger partial charge in [-0.1, -0.05) is 11.8 Å². The van der Waals surface area contributed by atoms with Crippen LogP contribution in [0.15, 0.2) is 26.8 Å². The molecule has 2 N–H and O–H groups in total. The number of hydrogen-bond donors (Lipinski definition) is 2. The summed E-state index contributed by atoms with van der Waals surface area (Å²) in [5, 5.41) is 18.3. The van der Waals surface area contributed by atoms with Gasteiger partial charge in [-0.25, -0.2) is 0 Å². The minimum atomic E-state index is -1.02. The maximum Gasteiger partial charge on any atom is 0.305 e. The van der Waals surface area contributed by atoms with Gasteiger partial charge in [-0.15, -0.1) is 5.10 Å². The van der Waals surface area contributed by atoms with E-state index in [9.17, 15) is 9.59 Å². The van der Waals surface area contributed by atoms with Gasteiger partial charge in [-0.05, 0) is 19.1 Å². The van der Waals surface area contributed by atoms with Crippen molar-refractivity contribution in [3.63, 3.8) is 0 Å². The van der Waals surface area contributed by atoms with E-state index in [4.69, 9.17) is 9.52 Å². The molecule has 100 valence electrons. The Labute approximate surface area is 112 Å². The van der Waals surface area contributed by atoms with E-state index < -0.39 is 11.2 Å². The van der Waals surface area contributed by atoms with Gasteiger partial charge in [-0.2, -0.15) is 5.10 Å². The molecular formula is C11H11N3O4S. The number of amidine groups is 1. The van der Waals surface area contributed by atoms with Gasteiger partial charge in [0.15, 0.2) is 5.17 Å². The van der Waals surface area contributed by atoms with E-state index in [0.717, 1.165) is 17.5 Å². The molecule has 1 atom stereocenters. The Morgan fingerprint density at radius 3 is 3.05 bits per heavy atom. The van der Waals surface area contributed by atoms with Gasteiger partial charge in [0.25, 0.3) is 0 Å². The van der Waals surface area contributed by atoms with Gasteiger partial charge in [0.05, 0.1) is 12.6 Å². The Hall–Kier alpha value is -2.09. The van der Waals surface area contributed by atoms with Gasteiger partial charge < -0.3 is 14.8 Å². The van der Waals surface area contributed by atoms with Crippen LogP contribution in [0, 0.1) is 6.92 Å². The molecule has 0 aromatic carbocycles. The molecule has 0 radical (unpaired) electrons. The average molecular weight is 281 g/mol. The predicted octanol–water partition coefficient (Wildman–Crippen LogP) is 0.984. The molecule has 19 heavy (non-hydrogen) atoms. The molecule has 1 aromatic rings. The zero-order chi connectivity index (χ0) is 13.8. The number of hydrogen-bond acceptors (Lipinski definition) is 6.